The molecule has 0 amide bonds. The van der Waals surface area contributed by atoms with Crippen molar-refractivity contribution in [2.75, 3.05) is 0 Å². The summed E-state index contributed by atoms with van der Waals surface area (Å²) in [5.41, 5.74) is 3.04. The third-order valence-corrected chi connectivity index (χ3v) is 4.49. The monoisotopic (exact) mass is 329 g/mol. The molecule has 3 aromatic carbocycles. The van der Waals surface area contributed by atoms with Crippen molar-refractivity contribution in [3.63, 3.8) is 0 Å². The van der Waals surface area contributed by atoms with Gasteiger partial charge in [0.15, 0.2) is 0 Å². The molecule has 4 rings (SSSR count). The number of rotatable bonds is 2. The molecule has 4 nitrogen and oxygen atoms in total. The minimum atomic E-state index is -0.341. The van der Waals surface area contributed by atoms with Crippen LogP contribution in [-0.4, -0.2) is 10.2 Å². The van der Waals surface area contributed by atoms with Crippen LogP contribution in [0.25, 0.3) is 0 Å². The molecule has 0 saturated heterocycles. The fourth-order valence-electron chi connectivity index (χ4n) is 3.38. The maximum absolute atomic E-state index is 10.0. The van der Waals surface area contributed by atoms with Gasteiger partial charge in [0, 0.05) is 11.6 Å². The average Bonchev–Trinajstić information content (AvgIpc) is 3.01. The maximum Gasteiger partial charge on any atom is 0.142 e. The highest BCUT2D eigenvalue weighted by molar-refractivity contribution is 5.59. The van der Waals surface area contributed by atoms with Crippen LogP contribution in [-0.2, 0) is 0 Å². The minimum Gasteiger partial charge on any atom is -0.508 e. The van der Waals surface area contributed by atoms with Crippen molar-refractivity contribution >= 4 is 0 Å². The molecule has 0 aromatic heterocycles. The van der Waals surface area contributed by atoms with Gasteiger partial charge in [-0.25, -0.2) is 0 Å². The Morgan fingerprint density at radius 3 is 2.24 bits per heavy atom. The second-order valence-corrected chi connectivity index (χ2v) is 6.04. The molecule has 2 N–H and O–H groups in total. The summed E-state index contributed by atoms with van der Waals surface area (Å²) < 4.78 is 6.16. The predicted octanol–water partition coefficient (Wildman–Crippen LogP) is 4.24. The molecule has 4 heteroatoms. The highest BCUT2D eigenvalue weighted by Crippen LogP contribution is 2.51. The molecular formula is C21H15NO3. The van der Waals surface area contributed by atoms with Gasteiger partial charge in [0.2, 0.25) is 0 Å². The minimum absolute atomic E-state index is 0.0474. The fraction of sp³-hybridized carbons (Fsp3) is 0.0952. The van der Waals surface area contributed by atoms with Crippen molar-refractivity contribution < 1.29 is 14.9 Å². The normalized spacial score (nSPS) is 18.2. The molecule has 2 atom stereocenters. The molecule has 0 fully saturated rings. The van der Waals surface area contributed by atoms with Gasteiger partial charge in [-0.2, -0.15) is 5.26 Å². The van der Waals surface area contributed by atoms with Crippen LogP contribution in [0, 0.1) is 11.3 Å². The number of nitrogens with zero attached hydrogens (tertiary/aromatic N) is 1. The van der Waals surface area contributed by atoms with E-state index in [1.54, 1.807) is 18.2 Å². The molecule has 1 aliphatic heterocycles. The van der Waals surface area contributed by atoms with Crippen LogP contribution in [0.4, 0.5) is 0 Å². The number of fused-ring (bicyclic) bond motifs is 1. The molecule has 1 heterocycles. The largest absolute Gasteiger partial charge is 0.508 e. The highest BCUT2D eigenvalue weighted by atomic mass is 16.5. The zero-order chi connectivity index (χ0) is 17.4. The smallest absolute Gasteiger partial charge is 0.142 e. The number of ether oxygens (including phenoxy) is 1. The third-order valence-electron chi connectivity index (χ3n) is 4.49. The Bertz CT molecular complexity index is 959. The molecular weight excluding hydrogens is 314 g/mol. The first-order valence-corrected chi connectivity index (χ1v) is 7.95. The SMILES string of the molecule is N#Cc1cc(O)cc2c1OC(c1ccc(O)cc1)C2c1ccccc1. The van der Waals surface area contributed by atoms with Gasteiger partial charge in [0.1, 0.15) is 29.4 Å². The number of hydrogen-bond acceptors (Lipinski definition) is 4. The van der Waals surface area contributed by atoms with E-state index in [1.807, 2.05) is 42.5 Å². The number of aromatic hydroxyl groups is 2. The fourth-order valence-corrected chi connectivity index (χ4v) is 3.38. The average molecular weight is 329 g/mol. The molecule has 0 radical (unpaired) electrons. The summed E-state index contributed by atoms with van der Waals surface area (Å²) in [7, 11) is 0. The first kappa shape index (κ1) is 15.1. The Balaban J connectivity index is 1.90. The van der Waals surface area contributed by atoms with E-state index in [0.29, 0.717) is 11.3 Å². The second-order valence-electron chi connectivity index (χ2n) is 6.04. The number of nitriles is 1. The first-order chi connectivity index (χ1) is 12.2. The van der Waals surface area contributed by atoms with E-state index in [0.717, 1.165) is 16.7 Å². The predicted molar refractivity (Wildman–Crippen MR) is 92.6 cm³/mol. The summed E-state index contributed by atoms with van der Waals surface area (Å²) in [4.78, 5) is 0. The van der Waals surface area contributed by atoms with E-state index < -0.39 is 0 Å². The van der Waals surface area contributed by atoms with E-state index in [-0.39, 0.29) is 23.5 Å². The van der Waals surface area contributed by atoms with Crippen molar-refractivity contribution in [1.82, 2.24) is 0 Å². The second kappa shape index (κ2) is 5.88. The van der Waals surface area contributed by atoms with Gasteiger partial charge in [-0.3, -0.25) is 0 Å². The molecule has 3 aromatic rings. The Morgan fingerprint density at radius 2 is 1.56 bits per heavy atom. The van der Waals surface area contributed by atoms with Crippen LogP contribution >= 0.6 is 0 Å². The zero-order valence-electron chi connectivity index (χ0n) is 13.3. The van der Waals surface area contributed by atoms with Crippen LogP contribution in [0.3, 0.4) is 0 Å². The van der Waals surface area contributed by atoms with Crippen molar-refractivity contribution in [3.05, 3.63) is 89.0 Å². The van der Waals surface area contributed by atoms with Gasteiger partial charge in [-0.1, -0.05) is 42.5 Å². The number of phenolic OH excluding ortho intramolecular Hbond substituents is 2. The lowest BCUT2D eigenvalue weighted by atomic mass is 9.84. The topological polar surface area (TPSA) is 73.5 Å². The molecule has 2 unspecified atom stereocenters. The van der Waals surface area contributed by atoms with Crippen molar-refractivity contribution in [2.45, 2.75) is 12.0 Å². The van der Waals surface area contributed by atoms with Crippen LogP contribution in [0.2, 0.25) is 0 Å². The summed E-state index contributed by atoms with van der Waals surface area (Å²) >= 11 is 0. The molecule has 122 valence electrons. The lowest BCUT2D eigenvalue weighted by Gasteiger charge is -2.20. The molecule has 0 saturated carbocycles. The van der Waals surface area contributed by atoms with Gasteiger partial charge in [-0.15, -0.1) is 0 Å². The number of benzene rings is 3. The van der Waals surface area contributed by atoms with Crippen molar-refractivity contribution in [2.24, 2.45) is 0 Å². The molecule has 0 aliphatic carbocycles. The van der Waals surface area contributed by atoms with Gasteiger partial charge in [0.25, 0.3) is 0 Å². The molecule has 1 aliphatic rings. The lowest BCUT2D eigenvalue weighted by Crippen LogP contribution is -2.11. The van der Waals surface area contributed by atoms with Gasteiger partial charge in [0.05, 0.1) is 11.5 Å². The highest BCUT2D eigenvalue weighted by Gasteiger charge is 2.38. The number of hydrogen-bond donors (Lipinski definition) is 2. The lowest BCUT2D eigenvalue weighted by molar-refractivity contribution is 0.222. The summed E-state index contributed by atoms with van der Waals surface area (Å²) in [5.74, 6) is 0.587. The van der Waals surface area contributed by atoms with E-state index in [1.165, 1.54) is 6.07 Å². The number of phenols is 2. The van der Waals surface area contributed by atoms with E-state index in [2.05, 4.69) is 6.07 Å². The summed E-state index contributed by atoms with van der Waals surface area (Å²) in [5, 5.41) is 29.0. The van der Waals surface area contributed by atoms with Crippen LogP contribution in [0.5, 0.6) is 17.2 Å². The van der Waals surface area contributed by atoms with Gasteiger partial charge < -0.3 is 14.9 Å². The molecule has 0 bridgehead atoms. The van der Waals surface area contributed by atoms with Crippen molar-refractivity contribution in [1.29, 1.82) is 5.26 Å². The summed E-state index contributed by atoms with van der Waals surface area (Å²) in [6.45, 7) is 0. The Morgan fingerprint density at radius 1 is 0.840 bits per heavy atom. The van der Waals surface area contributed by atoms with Crippen LogP contribution < -0.4 is 4.74 Å². The zero-order valence-corrected chi connectivity index (χ0v) is 13.3. The summed E-state index contributed by atoms with van der Waals surface area (Å²) in [6.07, 6.45) is -0.341. The molecule has 0 spiro atoms. The maximum atomic E-state index is 10.0. The Hall–Kier alpha value is -3.45. The van der Waals surface area contributed by atoms with E-state index >= 15 is 0 Å². The Labute approximate surface area is 145 Å². The van der Waals surface area contributed by atoms with Gasteiger partial charge >= 0.3 is 0 Å². The van der Waals surface area contributed by atoms with Crippen molar-refractivity contribution in [3.8, 4) is 23.3 Å². The third kappa shape index (κ3) is 2.56. The van der Waals surface area contributed by atoms with E-state index in [4.69, 9.17) is 4.74 Å². The first-order valence-electron chi connectivity index (χ1n) is 7.95. The van der Waals surface area contributed by atoms with Crippen LogP contribution in [0.1, 0.15) is 34.3 Å². The Kier molecular flexibility index (Phi) is 3.55. The summed E-state index contributed by atoms with van der Waals surface area (Å²) in [6, 6.07) is 21.9. The quantitative estimate of drug-likeness (QED) is 0.738. The van der Waals surface area contributed by atoms with E-state index in [9.17, 15) is 15.5 Å². The van der Waals surface area contributed by atoms with Crippen LogP contribution in [0.15, 0.2) is 66.7 Å². The standard InChI is InChI=1S/C21H15NO3/c22-12-15-10-17(24)11-18-19(13-4-2-1-3-5-13)21(25-20(15)18)14-6-8-16(23)9-7-14/h1-11,19,21,23-24H. The van der Waals surface area contributed by atoms with Gasteiger partial charge in [-0.05, 0) is 29.3 Å². The molecule has 25 heavy (non-hydrogen) atoms.